The van der Waals surface area contributed by atoms with Gasteiger partial charge in [0.05, 0.1) is 10.6 Å². The maximum absolute atomic E-state index is 13.3. The molecule has 0 aliphatic rings. The van der Waals surface area contributed by atoms with Gasteiger partial charge in [-0.15, -0.1) is 0 Å². The van der Waals surface area contributed by atoms with Crippen LogP contribution >= 0.6 is 0 Å². The Morgan fingerprint density at radius 1 is 0.929 bits per heavy atom. The number of para-hydroxylation sites is 1. The SMILES string of the molecule is Cc1ccc(S(=O)(=O)N(CC(=O)NC(C(C)C)C(C)C)c2ccccc2)cc1. The number of anilines is 1. The second-order valence-corrected chi connectivity index (χ2v) is 9.60. The zero-order valence-electron chi connectivity index (χ0n) is 17.2. The molecule has 152 valence electrons. The molecule has 0 heterocycles. The van der Waals surface area contributed by atoms with E-state index in [0.717, 1.165) is 5.56 Å². The molecule has 0 spiro atoms. The summed E-state index contributed by atoms with van der Waals surface area (Å²) in [5.41, 5.74) is 1.43. The molecule has 0 unspecified atom stereocenters. The van der Waals surface area contributed by atoms with Gasteiger partial charge in [0.25, 0.3) is 10.0 Å². The molecule has 0 atom stereocenters. The van der Waals surface area contributed by atoms with Crippen LogP contribution in [0.15, 0.2) is 59.5 Å². The van der Waals surface area contributed by atoms with Crippen molar-refractivity contribution < 1.29 is 13.2 Å². The molecule has 0 aliphatic carbocycles. The van der Waals surface area contributed by atoms with Gasteiger partial charge in [-0.1, -0.05) is 63.6 Å². The normalized spacial score (nSPS) is 11.9. The highest BCUT2D eigenvalue weighted by Gasteiger charge is 2.28. The fourth-order valence-electron chi connectivity index (χ4n) is 3.21. The van der Waals surface area contributed by atoms with E-state index in [1.54, 1.807) is 48.5 Å². The zero-order chi connectivity index (χ0) is 20.9. The minimum Gasteiger partial charge on any atom is -0.351 e. The van der Waals surface area contributed by atoms with Gasteiger partial charge in [0.1, 0.15) is 6.54 Å². The van der Waals surface area contributed by atoms with E-state index in [1.807, 2.05) is 40.7 Å². The second-order valence-electron chi connectivity index (χ2n) is 7.74. The molecule has 0 saturated heterocycles. The molecule has 2 aromatic carbocycles. The van der Waals surface area contributed by atoms with Crippen LogP contribution < -0.4 is 9.62 Å². The molecular formula is C22H30N2O3S. The van der Waals surface area contributed by atoms with Gasteiger partial charge in [-0.3, -0.25) is 9.10 Å². The van der Waals surface area contributed by atoms with Crippen molar-refractivity contribution >= 4 is 21.6 Å². The lowest BCUT2D eigenvalue weighted by Gasteiger charge is -2.29. The summed E-state index contributed by atoms with van der Waals surface area (Å²) in [5, 5.41) is 3.00. The van der Waals surface area contributed by atoms with E-state index in [1.165, 1.54) is 4.31 Å². The van der Waals surface area contributed by atoms with Gasteiger partial charge in [-0.25, -0.2) is 8.42 Å². The first kappa shape index (κ1) is 22.0. The van der Waals surface area contributed by atoms with E-state index in [0.29, 0.717) is 5.69 Å². The minimum atomic E-state index is -3.87. The van der Waals surface area contributed by atoms with Crippen molar-refractivity contribution in [3.8, 4) is 0 Å². The predicted octanol–water partition coefficient (Wildman–Crippen LogP) is 3.99. The van der Waals surface area contributed by atoms with Crippen molar-refractivity contribution in [3.05, 3.63) is 60.2 Å². The Bertz CT molecular complexity index is 868. The molecule has 5 nitrogen and oxygen atoms in total. The smallest absolute Gasteiger partial charge is 0.264 e. The lowest BCUT2D eigenvalue weighted by molar-refractivity contribution is -0.121. The first-order chi connectivity index (χ1) is 13.1. The molecule has 0 aromatic heterocycles. The largest absolute Gasteiger partial charge is 0.351 e. The Morgan fingerprint density at radius 2 is 1.46 bits per heavy atom. The van der Waals surface area contributed by atoms with E-state index in [4.69, 9.17) is 0 Å². The summed E-state index contributed by atoms with van der Waals surface area (Å²) in [4.78, 5) is 12.9. The van der Waals surface area contributed by atoms with Gasteiger partial charge in [0.2, 0.25) is 5.91 Å². The molecule has 1 amide bonds. The third-order valence-corrected chi connectivity index (χ3v) is 6.49. The molecule has 28 heavy (non-hydrogen) atoms. The van der Waals surface area contributed by atoms with Gasteiger partial charge in [-0.05, 0) is 43.0 Å². The van der Waals surface area contributed by atoms with Crippen LogP contribution in [0.1, 0.15) is 33.3 Å². The number of benzene rings is 2. The monoisotopic (exact) mass is 402 g/mol. The van der Waals surface area contributed by atoms with Crippen LogP contribution in [0.5, 0.6) is 0 Å². The molecule has 6 heteroatoms. The first-order valence-corrected chi connectivity index (χ1v) is 11.0. The summed E-state index contributed by atoms with van der Waals surface area (Å²) in [6.07, 6.45) is 0. The molecule has 2 aromatic rings. The van der Waals surface area contributed by atoms with Gasteiger partial charge in [-0.2, -0.15) is 0 Å². The number of aryl methyl sites for hydroxylation is 1. The third kappa shape index (κ3) is 5.35. The molecule has 2 rings (SSSR count). The van der Waals surface area contributed by atoms with Crippen molar-refractivity contribution in [2.75, 3.05) is 10.8 Å². The second kappa shape index (κ2) is 9.24. The van der Waals surface area contributed by atoms with E-state index < -0.39 is 10.0 Å². The fourth-order valence-corrected chi connectivity index (χ4v) is 4.63. The maximum Gasteiger partial charge on any atom is 0.264 e. The Balaban J connectivity index is 2.36. The topological polar surface area (TPSA) is 66.5 Å². The van der Waals surface area contributed by atoms with Crippen LogP contribution in [0, 0.1) is 18.8 Å². The van der Waals surface area contributed by atoms with Crippen molar-refractivity contribution in [3.63, 3.8) is 0 Å². The van der Waals surface area contributed by atoms with Crippen LogP contribution in [0.3, 0.4) is 0 Å². The number of carbonyl (C=O) groups excluding carboxylic acids is 1. The minimum absolute atomic E-state index is 0.0211. The van der Waals surface area contributed by atoms with E-state index in [-0.39, 0.29) is 35.2 Å². The third-order valence-electron chi connectivity index (χ3n) is 4.70. The maximum atomic E-state index is 13.3. The summed E-state index contributed by atoms with van der Waals surface area (Å²) in [6, 6.07) is 15.4. The van der Waals surface area contributed by atoms with Crippen LogP contribution in [-0.4, -0.2) is 26.9 Å². The van der Waals surface area contributed by atoms with Crippen molar-refractivity contribution in [2.24, 2.45) is 11.8 Å². The number of sulfonamides is 1. The zero-order valence-corrected chi connectivity index (χ0v) is 18.0. The lowest BCUT2D eigenvalue weighted by Crippen LogP contribution is -2.47. The van der Waals surface area contributed by atoms with Crippen LogP contribution in [0.25, 0.3) is 0 Å². The highest BCUT2D eigenvalue weighted by atomic mass is 32.2. The molecule has 0 fully saturated rings. The number of hydrogen-bond donors (Lipinski definition) is 1. The standard InChI is InChI=1S/C22H30N2O3S/c1-16(2)22(17(3)4)23-21(25)15-24(19-9-7-6-8-10-19)28(26,27)20-13-11-18(5)12-14-20/h6-14,16-17,22H,15H2,1-5H3,(H,23,25). The Kier molecular flexibility index (Phi) is 7.24. The van der Waals surface area contributed by atoms with Gasteiger partial charge < -0.3 is 5.32 Å². The number of hydrogen-bond acceptors (Lipinski definition) is 3. The molecule has 0 radical (unpaired) electrons. The average molecular weight is 403 g/mol. The van der Waals surface area contributed by atoms with Gasteiger partial charge >= 0.3 is 0 Å². The number of rotatable bonds is 8. The Hall–Kier alpha value is -2.34. The van der Waals surface area contributed by atoms with E-state index >= 15 is 0 Å². The van der Waals surface area contributed by atoms with Crippen LogP contribution in [0.4, 0.5) is 5.69 Å². The van der Waals surface area contributed by atoms with Crippen LogP contribution in [0.2, 0.25) is 0 Å². The van der Waals surface area contributed by atoms with Crippen molar-refractivity contribution in [1.29, 1.82) is 0 Å². The highest BCUT2D eigenvalue weighted by Crippen LogP contribution is 2.24. The number of carbonyl (C=O) groups is 1. The molecule has 0 saturated carbocycles. The van der Waals surface area contributed by atoms with Gasteiger partial charge in [0.15, 0.2) is 0 Å². The average Bonchev–Trinajstić information content (AvgIpc) is 2.64. The Labute approximate surface area is 168 Å². The van der Waals surface area contributed by atoms with E-state index in [2.05, 4.69) is 5.32 Å². The molecular weight excluding hydrogens is 372 g/mol. The van der Waals surface area contributed by atoms with Gasteiger partial charge in [0, 0.05) is 6.04 Å². The lowest BCUT2D eigenvalue weighted by atomic mass is 9.93. The van der Waals surface area contributed by atoms with Crippen molar-refractivity contribution in [1.82, 2.24) is 5.32 Å². The first-order valence-electron chi connectivity index (χ1n) is 9.56. The molecule has 0 bridgehead atoms. The quantitative estimate of drug-likeness (QED) is 0.726. The Morgan fingerprint density at radius 3 is 1.96 bits per heavy atom. The summed E-state index contributed by atoms with van der Waals surface area (Å²) in [7, 11) is -3.87. The molecule has 0 aliphatic heterocycles. The summed E-state index contributed by atoms with van der Waals surface area (Å²) < 4.78 is 27.7. The van der Waals surface area contributed by atoms with E-state index in [9.17, 15) is 13.2 Å². The van der Waals surface area contributed by atoms with Crippen molar-refractivity contribution in [2.45, 2.75) is 45.6 Å². The summed E-state index contributed by atoms with van der Waals surface area (Å²) in [6.45, 7) is 9.81. The van der Waals surface area contributed by atoms with Crippen LogP contribution in [-0.2, 0) is 14.8 Å². The molecule has 1 N–H and O–H groups in total. The summed E-state index contributed by atoms with van der Waals surface area (Å²) >= 11 is 0. The number of nitrogens with one attached hydrogen (secondary N) is 1. The summed E-state index contributed by atoms with van der Waals surface area (Å²) in [5.74, 6) is 0.192. The number of amides is 1. The fraction of sp³-hybridized carbons (Fsp3) is 0.409. The predicted molar refractivity (Wildman–Crippen MR) is 114 cm³/mol. The number of nitrogens with zero attached hydrogens (tertiary/aromatic N) is 1. The highest BCUT2D eigenvalue weighted by molar-refractivity contribution is 7.92.